The van der Waals surface area contributed by atoms with E-state index in [0.29, 0.717) is 5.56 Å². The number of nitrogens with two attached hydrogens (primary N) is 1. The van der Waals surface area contributed by atoms with Crippen LogP contribution in [0.15, 0.2) is 22.7 Å². The summed E-state index contributed by atoms with van der Waals surface area (Å²) in [5, 5.41) is -0.587. The van der Waals surface area contributed by atoms with Gasteiger partial charge in [-0.05, 0) is 40.5 Å². The van der Waals surface area contributed by atoms with E-state index >= 15 is 0 Å². The fourth-order valence-electron chi connectivity index (χ4n) is 1.15. The highest BCUT2D eigenvalue weighted by Gasteiger charge is 2.20. The second kappa shape index (κ2) is 5.25. The van der Waals surface area contributed by atoms with Crippen LogP contribution in [0.3, 0.4) is 0 Å². The molecule has 3 nitrogen and oxygen atoms in total. The Hall–Kier alpha value is -0.460. The molecule has 2 N–H and O–H groups in total. The highest BCUT2D eigenvalue weighted by Crippen LogP contribution is 2.19. The number of sulfone groups is 1. The third-order valence-corrected chi connectivity index (χ3v) is 5.06. The van der Waals surface area contributed by atoms with Crippen molar-refractivity contribution in [1.82, 2.24) is 0 Å². The quantitative estimate of drug-likeness (QED) is 0.923. The van der Waals surface area contributed by atoms with E-state index in [1.165, 1.54) is 18.2 Å². The Balaban J connectivity index is 2.93. The Morgan fingerprint density at radius 3 is 2.62 bits per heavy atom. The van der Waals surface area contributed by atoms with Crippen molar-refractivity contribution >= 4 is 25.8 Å². The van der Waals surface area contributed by atoms with Gasteiger partial charge in [-0.3, -0.25) is 0 Å². The summed E-state index contributed by atoms with van der Waals surface area (Å²) in [6.45, 7) is 1.65. The van der Waals surface area contributed by atoms with Gasteiger partial charge in [0.05, 0.1) is 15.5 Å². The summed E-state index contributed by atoms with van der Waals surface area (Å²) < 4.78 is 36.7. The number of hydrogen-bond acceptors (Lipinski definition) is 3. The summed E-state index contributed by atoms with van der Waals surface area (Å²) in [7, 11) is -3.26. The molecule has 0 heterocycles. The Morgan fingerprint density at radius 2 is 2.12 bits per heavy atom. The molecular weight excluding hydrogens is 297 g/mol. The Morgan fingerprint density at radius 1 is 1.50 bits per heavy atom. The molecule has 1 unspecified atom stereocenters. The fourth-order valence-corrected chi connectivity index (χ4v) is 2.80. The van der Waals surface area contributed by atoms with Gasteiger partial charge in [0.2, 0.25) is 0 Å². The van der Waals surface area contributed by atoms with Crippen LogP contribution in [0.4, 0.5) is 4.39 Å². The predicted octanol–water partition coefficient (Wildman–Crippen LogP) is 1.85. The SMILES string of the molecule is CC(CN)S(=O)(=O)Cc1ccc(F)c(Br)c1. The van der Waals surface area contributed by atoms with Crippen molar-refractivity contribution in [3.8, 4) is 0 Å². The van der Waals surface area contributed by atoms with Crippen LogP contribution < -0.4 is 5.73 Å². The normalized spacial score (nSPS) is 13.8. The summed E-state index contributed by atoms with van der Waals surface area (Å²) in [5.74, 6) is -0.530. The molecular formula is C10H13BrFNO2S. The minimum absolute atomic E-state index is 0.0880. The van der Waals surface area contributed by atoms with Crippen LogP contribution in [0, 0.1) is 5.82 Å². The maximum Gasteiger partial charge on any atom is 0.158 e. The summed E-state index contributed by atoms with van der Waals surface area (Å²) in [5.41, 5.74) is 5.87. The maximum atomic E-state index is 12.9. The lowest BCUT2D eigenvalue weighted by Gasteiger charge is -2.10. The monoisotopic (exact) mass is 309 g/mol. The molecule has 0 radical (unpaired) electrons. The van der Waals surface area contributed by atoms with Crippen LogP contribution in [-0.4, -0.2) is 20.2 Å². The van der Waals surface area contributed by atoms with Crippen molar-refractivity contribution in [1.29, 1.82) is 0 Å². The van der Waals surface area contributed by atoms with Crippen molar-refractivity contribution in [2.75, 3.05) is 6.54 Å². The van der Waals surface area contributed by atoms with Crippen LogP contribution in [0.1, 0.15) is 12.5 Å². The first-order valence-corrected chi connectivity index (χ1v) is 7.23. The van der Waals surface area contributed by atoms with Crippen molar-refractivity contribution in [2.24, 2.45) is 5.73 Å². The van der Waals surface area contributed by atoms with Crippen LogP contribution in [0.2, 0.25) is 0 Å². The zero-order chi connectivity index (χ0) is 12.3. The molecule has 0 aromatic heterocycles. The minimum Gasteiger partial charge on any atom is -0.329 e. The van der Waals surface area contributed by atoms with Gasteiger partial charge < -0.3 is 5.73 Å². The van der Waals surface area contributed by atoms with Crippen molar-refractivity contribution < 1.29 is 12.8 Å². The van der Waals surface area contributed by atoms with E-state index in [1.807, 2.05) is 0 Å². The largest absolute Gasteiger partial charge is 0.329 e. The molecule has 0 saturated carbocycles. The molecule has 1 atom stereocenters. The highest BCUT2D eigenvalue weighted by molar-refractivity contribution is 9.10. The second-order valence-electron chi connectivity index (χ2n) is 3.60. The topological polar surface area (TPSA) is 60.2 Å². The van der Waals surface area contributed by atoms with E-state index in [1.54, 1.807) is 6.92 Å². The minimum atomic E-state index is -3.26. The molecule has 0 spiro atoms. The van der Waals surface area contributed by atoms with Crippen molar-refractivity contribution in [2.45, 2.75) is 17.9 Å². The molecule has 0 fully saturated rings. The maximum absolute atomic E-state index is 12.9. The van der Waals surface area contributed by atoms with Gasteiger partial charge in [0, 0.05) is 6.54 Å². The van der Waals surface area contributed by atoms with Gasteiger partial charge in [-0.25, -0.2) is 12.8 Å². The van der Waals surface area contributed by atoms with Crippen LogP contribution in [-0.2, 0) is 15.6 Å². The number of halogens is 2. The lowest BCUT2D eigenvalue weighted by molar-refractivity contribution is 0.582. The zero-order valence-corrected chi connectivity index (χ0v) is 11.2. The van der Waals surface area contributed by atoms with E-state index in [0.717, 1.165) is 0 Å². The Bertz CT molecular complexity index is 476. The van der Waals surface area contributed by atoms with Gasteiger partial charge in [0.1, 0.15) is 5.82 Å². The lowest BCUT2D eigenvalue weighted by atomic mass is 10.2. The summed E-state index contributed by atoms with van der Waals surface area (Å²) in [6.07, 6.45) is 0. The lowest BCUT2D eigenvalue weighted by Crippen LogP contribution is -2.27. The van der Waals surface area contributed by atoms with Gasteiger partial charge in [0.25, 0.3) is 0 Å². The highest BCUT2D eigenvalue weighted by atomic mass is 79.9. The second-order valence-corrected chi connectivity index (χ2v) is 6.88. The molecule has 0 aliphatic rings. The smallest absolute Gasteiger partial charge is 0.158 e. The Labute approximate surface area is 103 Å². The van der Waals surface area contributed by atoms with E-state index in [2.05, 4.69) is 15.9 Å². The van der Waals surface area contributed by atoms with E-state index in [-0.39, 0.29) is 16.8 Å². The van der Waals surface area contributed by atoms with Gasteiger partial charge in [-0.1, -0.05) is 6.07 Å². The van der Waals surface area contributed by atoms with E-state index in [9.17, 15) is 12.8 Å². The summed E-state index contributed by atoms with van der Waals surface area (Å²) >= 11 is 3.01. The molecule has 0 bridgehead atoms. The fraction of sp³-hybridized carbons (Fsp3) is 0.400. The standard InChI is InChI=1S/C10H13BrFNO2S/c1-7(5-13)16(14,15)6-8-2-3-10(12)9(11)4-8/h2-4,7H,5-6,13H2,1H3. The van der Waals surface area contributed by atoms with Crippen LogP contribution in [0.5, 0.6) is 0 Å². The first-order valence-electron chi connectivity index (χ1n) is 4.72. The van der Waals surface area contributed by atoms with Crippen molar-refractivity contribution in [3.63, 3.8) is 0 Å². The average Bonchev–Trinajstić information content (AvgIpc) is 2.22. The molecule has 6 heteroatoms. The Kier molecular flexibility index (Phi) is 4.46. The summed E-state index contributed by atoms with van der Waals surface area (Å²) in [6, 6.07) is 4.17. The first-order chi connectivity index (χ1) is 7.36. The molecule has 0 saturated heterocycles. The van der Waals surface area contributed by atoms with Gasteiger partial charge in [-0.15, -0.1) is 0 Å². The van der Waals surface area contributed by atoms with Gasteiger partial charge in [0.15, 0.2) is 9.84 Å². The van der Waals surface area contributed by atoms with Gasteiger partial charge >= 0.3 is 0 Å². The summed E-state index contributed by atoms with van der Waals surface area (Å²) in [4.78, 5) is 0. The molecule has 1 aromatic carbocycles. The molecule has 0 amide bonds. The zero-order valence-electron chi connectivity index (χ0n) is 8.78. The van der Waals surface area contributed by atoms with Crippen LogP contribution in [0.25, 0.3) is 0 Å². The molecule has 0 aliphatic heterocycles. The van der Waals surface area contributed by atoms with Crippen LogP contribution >= 0.6 is 15.9 Å². The molecule has 1 rings (SSSR count). The first kappa shape index (κ1) is 13.6. The van der Waals surface area contributed by atoms with Crippen molar-refractivity contribution in [3.05, 3.63) is 34.1 Å². The molecule has 0 aliphatic carbocycles. The van der Waals surface area contributed by atoms with E-state index < -0.39 is 20.9 Å². The number of rotatable bonds is 4. The van der Waals surface area contributed by atoms with Gasteiger partial charge in [-0.2, -0.15) is 0 Å². The molecule has 90 valence electrons. The molecule has 16 heavy (non-hydrogen) atoms. The predicted molar refractivity (Wildman–Crippen MR) is 65.2 cm³/mol. The number of hydrogen-bond donors (Lipinski definition) is 1. The van der Waals surface area contributed by atoms with E-state index in [4.69, 9.17) is 5.73 Å². The third kappa shape index (κ3) is 3.26. The third-order valence-electron chi connectivity index (χ3n) is 2.30. The average molecular weight is 310 g/mol. The number of benzene rings is 1. The molecule has 1 aromatic rings.